The number of aliphatic carboxylic acids is 1. The number of hydrogen-bond donors (Lipinski definition) is 2. The maximum atomic E-state index is 11.2. The second-order valence-electron chi connectivity index (χ2n) is 3.89. The zero-order valence-electron chi connectivity index (χ0n) is 9.60. The van der Waals surface area contributed by atoms with Crippen LogP contribution in [-0.4, -0.2) is 42.8 Å². The first-order valence-corrected chi connectivity index (χ1v) is 5.18. The SMILES string of the molecule is COC1=C2OCCC2C(O)(OC)C(C(=O)O)=C1. The van der Waals surface area contributed by atoms with E-state index in [4.69, 9.17) is 19.3 Å². The Morgan fingerprint density at radius 2 is 2.29 bits per heavy atom. The van der Waals surface area contributed by atoms with Gasteiger partial charge in [0.1, 0.15) is 11.3 Å². The average molecular weight is 242 g/mol. The van der Waals surface area contributed by atoms with Crippen LogP contribution >= 0.6 is 0 Å². The molecule has 2 rings (SSSR count). The number of ether oxygens (including phenoxy) is 3. The standard InChI is InChI=1S/C11H14O6/c1-15-8-5-7(10(12)13)11(14,16-2)6-3-4-17-9(6)8/h5-6,14H,3-4H2,1-2H3,(H,12,13). The third kappa shape index (κ3) is 1.60. The third-order valence-electron chi connectivity index (χ3n) is 3.12. The molecule has 0 aromatic rings. The molecule has 2 unspecified atom stereocenters. The second-order valence-corrected chi connectivity index (χ2v) is 3.89. The van der Waals surface area contributed by atoms with Crippen molar-refractivity contribution in [2.24, 2.45) is 5.92 Å². The Kier molecular flexibility index (Phi) is 2.84. The van der Waals surface area contributed by atoms with Gasteiger partial charge >= 0.3 is 5.97 Å². The van der Waals surface area contributed by atoms with Crippen LogP contribution in [0.4, 0.5) is 0 Å². The number of carboxylic acids is 1. The van der Waals surface area contributed by atoms with Crippen molar-refractivity contribution < 1.29 is 29.2 Å². The van der Waals surface area contributed by atoms with E-state index in [-0.39, 0.29) is 5.57 Å². The van der Waals surface area contributed by atoms with Crippen LogP contribution in [0, 0.1) is 5.92 Å². The molecule has 6 heteroatoms. The molecular formula is C11H14O6. The molecule has 0 aromatic carbocycles. The predicted molar refractivity (Wildman–Crippen MR) is 55.8 cm³/mol. The molecule has 1 heterocycles. The topological polar surface area (TPSA) is 85.2 Å². The van der Waals surface area contributed by atoms with E-state index in [1.165, 1.54) is 20.3 Å². The molecule has 0 aromatic heterocycles. The number of carboxylic acid groups (broad SMARTS) is 1. The summed E-state index contributed by atoms with van der Waals surface area (Å²) in [5, 5.41) is 19.5. The highest BCUT2D eigenvalue weighted by molar-refractivity contribution is 5.89. The van der Waals surface area contributed by atoms with Gasteiger partial charge in [-0.25, -0.2) is 4.79 Å². The monoisotopic (exact) mass is 242 g/mol. The predicted octanol–water partition coefficient (Wildman–Crippen LogP) is 0.240. The van der Waals surface area contributed by atoms with Crippen LogP contribution in [-0.2, 0) is 19.0 Å². The van der Waals surface area contributed by atoms with Crippen molar-refractivity contribution in [1.29, 1.82) is 0 Å². The van der Waals surface area contributed by atoms with Crippen molar-refractivity contribution in [1.82, 2.24) is 0 Å². The Labute approximate surface area is 98.1 Å². The third-order valence-corrected chi connectivity index (χ3v) is 3.12. The molecule has 1 aliphatic heterocycles. The van der Waals surface area contributed by atoms with Crippen LogP contribution in [0.1, 0.15) is 6.42 Å². The number of carbonyl (C=O) groups is 1. The van der Waals surface area contributed by atoms with E-state index in [9.17, 15) is 9.90 Å². The molecule has 1 aliphatic carbocycles. The molecule has 94 valence electrons. The normalized spacial score (nSPS) is 31.7. The lowest BCUT2D eigenvalue weighted by atomic mass is 9.84. The minimum atomic E-state index is -1.86. The first-order chi connectivity index (χ1) is 8.04. The van der Waals surface area contributed by atoms with Crippen LogP contribution in [0.25, 0.3) is 0 Å². The van der Waals surface area contributed by atoms with Gasteiger partial charge in [-0.05, 0) is 12.5 Å². The zero-order valence-corrected chi connectivity index (χ0v) is 9.60. The van der Waals surface area contributed by atoms with Gasteiger partial charge in [-0.1, -0.05) is 0 Å². The molecule has 2 atom stereocenters. The van der Waals surface area contributed by atoms with Crippen LogP contribution in [0.3, 0.4) is 0 Å². The van der Waals surface area contributed by atoms with E-state index < -0.39 is 17.7 Å². The molecule has 0 spiro atoms. The number of rotatable bonds is 3. The lowest BCUT2D eigenvalue weighted by Crippen LogP contribution is -2.46. The first-order valence-electron chi connectivity index (χ1n) is 5.18. The Bertz CT molecular complexity index is 410. The Balaban J connectivity index is 2.54. The van der Waals surface area contributed by atoms with Gasteiger partial charge in [0, 0.05) is 7.11 Å². The van der Waals surface area contributed by atoms with Gasteiger partial charge < -0.3 is 24.4 Å². The van der Waals surface area contributed by atoms with Crippen molar-refractivity contribution in [3.63, 3.8) is 0 Å². The summed E-state index contributed by atoms with van der Waals surface area (Å²) >= 11 is 0. The molecular weight excluding hydrogens is 228 g/mol. The summed E-state index contributed by atoms with van der Waals surface area (Å²) in [6.45, 7) is 0.402. The second kappa shape index (κ2) is 4.05. The minimum Gasteiger partial charge on any atom is -0.494 e. The highest BCUT2D eigenvalue weighted by Crippen LogP contribution is 2.44. The summed E-state index contributed by atoms with van der Waals surface area (Å²) in [5.74, 6) is -2.87. The number of fused-ring (bicyclic) bond motifs is 1. The number of aliphatic hydroxyl groups is 1. The number of methoxy groups -OCH3 is 2. The van der Waals surface area contributed by atoms with E-state index in [1.807, 2.05) is 0 Å². The van der Waals surface area contributed by atoms with Gasteiger partial charge in [0.05, 0.1) is 19.6 Å². The fraction of sp³-hybridized carbons (Fsp3) is 0.545. The Morgan fingerprint density at radius 3 is 2.82 bits per heavy atom. The van der Waals surface area contributed by atoms with Crippen LogP contribution in [0.5, 0.6) is 0 Å². The highest BCUT2D eigenvalue weighted by atomic mass is 16.6. The summed E-state index contributed by atoms with van der Waals surface area (Å²) in [5.41, 5.74) is -0.240. The lowest BCUT2D eigenvalue weighted by molar-refractivity contribution is -0.192. The van der Waals surface area contributed by atoms with Crippen LogP contribution in [0.2, 0.25) is 0 Å². The van der Waals surface area contributed by atoms with E-state index >= 15 is 0 Å². The van der Waals surface area contributed by atoms with Crippen molar-refractivity contribution >= 4 is 5.97 Å². The molecule has 6 nitrogen and oxygen atoms in total. The fourth-order valence-electron chi connectivity index (χ4n) is 2.25. The maximum Gasteiger partial charge on any atom is 0.337 e. The van der Waals surface area contributed by atoms with Gasteiger partial charge in [0.25, 0.3) is 0 Å². The van der Waals surface area contributed by atoms with E-state index in [0.29, 0.717) is 24.5 Å². The summed E-state index contributed by atoms with van der Waals surface area (Å²) in [7, 11) is 2.69. The van der Waals surface area contributed by atoms with Gasteiger partial charge in [-0.3, -0.25) is 0 Å². The number of hydrogen-bond acceptors (Lipinski definition) is 5. The van der Waals surface area contributed by atoms with Crippen LogP contribution in [0.15, 0.2) is 23.2 Å². The van der Waals surface area contributed by atoms with Gasteiger partial charge in [-0.15, -0.1) is 0 Å². The molecule has 1 saturated heterocycles. The van der Waals surface area contributed by atoms with E-state index in [2.05, 4.69) is 0 Å². The van der Waals surface area contributed by atoms with E-state index in [0.717, 1.165) is 0 Å². The molecule has 1 fully saturated rings. The summed E-state index contributed by atoms with van der Waals surface area (Å²) < 4.78 is 15.4. The molecule has 2 N–H and O–H groups in total. The molecule has 0 bridgehead atoms. The first kappa shape index (κ1) is 11.9. The highest BCUT2D eigenvalue weighted by Gasteiger charge is 2.52. The van der Waals surface area contributed by atoms with Crippen LogP contribution < -0.4 is 0 Å². The Hall–Kier alpha value is -1.53. The quantitative estimate of drug-likeness (QED) is 0.689. The molecule has 0 radical (unpaired) electrons. The van der Waals surface area contributed by atoms with Crippen molar-refractivity contribution in [3.05, 3.63) is 23.2 Å². The molecule has 0 saturated carbocycles. The summed E-state index contributed by atoms with van der Waals surface area (Å²) in [6, 6.07) is 0. The van der Waals surface area contributed by atoms with Crippen molar-refractivity contribution in [2.45, 2.75) is 12.2 Å². The zero-order chi connectivity index (χ0) is 12.6. The lowest BCUT2D eigenvalue weighted by Gasteiger charge is -2.35. The molecule has 2 aliphatic rings. The molecule has 17 heavy (non-hydrogen) atoms. The Morgan fingerprint density at radius 1 is 1.59 bits per heavy atom. The number of allylic oxidation sites excluding steroid dienone is 1. The van der Waals surface area contributed by atoms with Gasteiger partial charge in [0.15, 0.2) is 5.76 Å². The summed E-state index contributed by atoms with van der Waals surface area (Å²) in [6.07, 6.45) is 1.72. The minimum absolute atomic E-state index is 0.240. The summed E-state index contributed by atoms with van der Waals surface area (Å²) in [4.78, 5) is 11.2. The average Bonchev–Trinajstić information content (AvgIpc) is 2.79. The largest absolute Gasteiger partial charge is 0.494 e. The van der Waals surface area contributed by atoms with Gasteiger partial charge in [0.2, 0.25) is 5.79 Å². The fourth-order valence-corrected chi connectivity index (χ4v) is 2.25. The van der Waals surface area contributed by atoms with E-state index in [1.54, 1.807) is 0 Å². The maximum absolute atomic E-state index is 11.2. The van der Waals surface area contributed by atoms with Crippen molar-refractivity contribution in [3.8, 4) is 0 Å². The molecule has 0 amide bonds. The van der Waals surface area contributed by atoms with Crippen molar-refractivity contribution in [2.75, 3.05) is 20.8 Å². The van der Waals surface area contributed by atoms with Gasteiger partial charge in [-0.2, -0.15) is 0 Å². The smallest absolute Gasteiger partial charge is 0.337 e.